The van der Waals surface area contributed by atoms with E-state index in [0.29, 0.717) is 42.5 Å². The first kappa shape index (κ1) is 19.1. The van der Waals surface area contributed by atoms with Crippen molar-refractivity contribution in [3.63, 3.8) is 0 Å². The smallest absolute Gasteiger partial charge is 0.257 e. The van der Waals surface area contributed by atoms with E-state index < -0.39 is 0 Å². The van der Waals surface area contributed by atoms with Gasteiger partial charge in [-0.05, 0) is 42.5 Å². The van der Waals surface area contributed by atoms with E-state index in [4.69, 9.17) is 16.3 Å². The Labute approximate surface area is 173 Å². The maximum absolute atomic E-state index is 12.9. The average molecular weight is 410 g/mol. The Morgan fingerprint density at radius 3 is 2.41 bits per heavy atom. The van der Waals surface area contributed by atoms with E-state index in [-0.39, 0.29) is 5.91 Å². The molecule has 1 aliphatic heterocycles. The van der Waals surface area contributed by atoms with Crippen LogP contribution in [0.1, 0.15) is 10.4 Å². The van der Waals surface area contributed by atoms with Crippen LogP contribution in [0.4, 0.5) is 5.82 Å². The summed E-state index contributed by atoms with van der Waals surface area (Å²) in [5, 5.41) is 9.20. The van der Waals surface area contributed by atoms with Gasteiger partial charge in [0.1, 0.15) is 5.75 Å². The number of hydrogen-bond acceptors (Lipinski definition) is 6. The van der Waals surface area contributed by atoms with Gasteiger partial charge in [0.25, 0.3) is 5.91 Å². The van der Waals surface area contributed by atoms with Crippen molar-refractivity contribution in [1.82, 2.24) is 20.1 Å². The maximum Gasteiger partial charge on any atom is 0.257 e. The maximum atomic E-state index is 12.9. The number of anilines is 1. The molecule has 0 saturated carbocycles. The third-order valence-electron chi connectivity index (χ3n) is 4.91. The molecule has 4 rings (SSSR count). The predicted molar refractivity (Wildman–Crippen MR) is 111 cm³/mol. The van der Waals surface area contributed by atoms with Crippen molar-refractivity contribution in [1.29, 1.82) is 0 Å². The highest BCUT2D eigenvalue weighted by Crippen LogP contribution is 2.25. The summed E-state index contributed by atoms with van der Waals surface area (Å²) in [7, 11) is 1.55. The fourth-order valence-electron chi connectivity index (χ4n) is 3.33. The lowest BCUT2D eigenvalue weighted by Crippen LogP contribution is -2.49. The van der Waals surface area contributed by atoms with Crippen LogP contribution in [0.5, 0.6) is 5.75 Å². The lowest BCUT2D eigenvalue weighted by atomic mass is 10.1. The van der Waals surface area contributed by atoms with Gasteiger partial charge >= 0.3 is 0 Å². The molecule has 0 spiro atoms. The Hall–Kier alpha value is -3.19. The van der Waals surface area contributed by atoms with Crippen molar-refractivity contribution in [2.45, 2.75) is 0 Å². The molecule has 0 radical (unpaired) electrons. The second kappa shape index (κ2) is 8.45. The third-order valence-corrected chi connectivity index (χ3v) is 5.14. The van der Waals surface area contributed by atoms with E-state index in [2.05, 4.69) is 20.1 Å². The second-order valence-electron chi connectivity index (χ2n) is 6.64. The second-order valence-corrected chi connectivity index (χ2v) is 7.07. The molecule has 8 heteroatoms. The van der Waals surface area contributed by atoms with Crippen LogP contribution in [0.3, 0.4) is 0 Å². The lowest BCUT2D eigenvalue weighted by molar-refractivity contribution is 0.0743. The molecule has 2 aromatic heterocycles. The van der Waals surface area contributed by atoms with Gasteiger partial charge in [-0.3, -0.25) is 9.78 Å². The topological polar surface area (TPSA) is 71.5 Å². The van der Waals surface area contributed by atoms with Gasteiger partial charge in [0.05, 0.1) is 18.4 Å². The highest BCUT2D eigenvalue weighted by Gasteiger charge is 2.25. The minimum atomic E-state index is -0.0804. The number of pyridine rings is 1. The van der Waals surface area contributed by atoms with Crippen LogP contribution in [-0.4, -0.2) is 59.3 Å². The molecule has 0 bridgehead atoms. The fourth-order valence-corrected chi connectivity index (χ4v) is 3.50. The van der Waals surface area contributed by atoms with Gasteiger partial charge in [-0.25, -0.2) is 0 Å². The summed E-state index contributed by atoms with van der Waals surface area (Å²) >= 11 is 6.06. The van der Waals surface area contributed by atoms with E-state index in [0.717, 1.165) is 17.1 Å². The number of halogens is 1. The quantitative estimate of drug-likeness (QED) is 0.659. The summed E-state index contributed by atoms with van der Waals surface area (Å²) in [6.45, 7) is 2.53. The Balaban J connectivity index is 1.42. The fraction of sp³-hybridized carbons (Fsp3) is 0.238. The number of benzene rings is 1. The number of hydrogen-bond donors (Lipinski definition) is 0. The van der Waals surface area contributed by atoms with Crippen LogP contribution in [0.25, 0.3) is 11.3 Å². The molecule has 148 valence electrons. The van der Waals surface area contributed by atoms with Crippen LogP contribution in [0.2, 0.25) is 5.02 Å². The van der Waals surface area contributed by atoms with Gasteiger partial charge in [-0.2, -0.15) is 0 Å². The molecule has 0 aliphatic carbocycles. The lowest BCUT2D eigenvalue weighted by Gasteiger charge is -2.35. The zero-order chi connectivity index (χ0) is 20.2. The minimum absolute atomic E-state index is 0.0804. The Morgan fingerprint density at radius 1 is 1.00 bits per heavy atom. The summed E-state index contributed by atoms with van der Waals surface area (Å²) in [6.07, 6.45) is 3.46. The Kier molecular flexibility index (Phi) is 5.57. The molecule has 1 amide bonds. The number of aromatic nitrogens is 3. The highest BCUT2D eigenvalue weighted by atomic mass is 35.5. The van der Waals surface area contributed by atoms with Crippen molar-refractivity contribution in [2.24, 2.45) is 0 Å². The Morgan fingerprint density at radius 2 is 1.76 bits per heavy atom. The number of ether oxygens (including phenoxy) is 1. The first-order chi connectivity index (χ1) is 14.2. The number of rotatable bonds is 4. The molecule has 0 N–H and O–H groups in total. The van der Waals surface area contributed by atoms with Crippen molar-refractivity contribution in [3.8, 4) is 17.0 Å². The van der Waals surface area contributed by atoms with E-state index in [1.807, 2.05) is 29.2 Å². The number of piperazine rings is 1. The SMILES string of the molecule is COc1ccc(Cl)cc1C(=O)N1CCN(c2ccc(-c3ccncc3)nn2)CC1. The molecule has 7 nitrogen and oxygen atoms in total. The van der Waals surface area contributed by atoms with E-state index in [1.54, 1.807) is 37.7 Å². The molecule has 1 fully saturated rings. The van der Waals surface area contributed by atoms with Crippen LogP contribution in [0, 0.1) is 0 Å². The van der Waals surface area contributed by atoms with Gasteiger partial charge in [-0.15, -0.1) is 10.2 Å². The van der Waals surface area contributed by atoms with Gasteiger partial charge < -0.3 is 14.5 Å². The summed E-state index contributed by atoms with van der Waals surface area (Å²) in [5.74, 6) is 1.25. The van der Waals surface area contributed by atoms with E-state index in [9.17, 15) is 4.79 Å². The normalized spacial score (nSPS) is 14.0. The molecule has 29 heavy (non-hydrogen) atoms. The molecule has 0 unspecified atom stereocenters. The number of methoxy groups -OCH3 is 1. The first-order valence-corrected chi connectivity index (χ1v) is 9.65. The molecule has 1 aliphatic rings. The summed E-state index contributed by atoms with van der Waals surface area (Å²) < 4.78 is 5.31. The third kappa shape index (κ3) is 4.14. The van der Waals surface area contributed by atoms with Gasteiger partial charge in [0.15, 0.2) is 5.82 Å². The monoisotopic (exact) mass is 409 g/mol. The van der Waals surface area contributed by atoms with Gasteiger partial charge in [0, 0.05) is 49.2 Å². The predicted octanol–water partition coefficient (Wildman–Crippen LogP) is 3.16. The molecule has 1 aromatic carbocycles. The summed E-state index contributed by atoms with van der Waals surface area (Å²) in [4.78, 5) is 20.9. The van der Waals surface area contributed by atoms with Crippen molar-refractivity contribution in [2.75, 3.05) is 38.2 Å². The van der Waals surface area contributed by atoms with Crippen molar-refractivity contribution in [3.05, 3.63) is 65.4 Å². The molecular weight excluding hydrogens is 390 g/mol. The van der Waals surface area contributed by atoms with Crippen LogP contribution >= 0.6 is 11.6 Å². The van der Waals surface area contributed by atoms with Crippen LogP contribution in [-0.2, 0) is 0 Å². The minimum Gasteiger partial charge on any atom is -0.496 e. The van der Waals surface area contributed by atoms with Gasteiger partial charge in [-0.1, -0.05) is 11.6 Å². The zero-order valence-electron chi connectivity index (χ0n) is 16.0. The van der Waals surface area contributed by atoms with E-state index >= 15 is 0 Å². The van der Waals surface area contributed by atoms with E-state index in [1.165, 1.54) is 0 Å². The largest absolute Gasteiger partial charge is 0.496 e. The number of carbonyl (C=O) groups is 1. The standard InChI is InChI=1S/C21H20ClN5O2/c1-29-19-4-2-16(22)14-17(19)21(28)27-12-10-26(11-13-27)20-5-3-18(24-25-20)15-6-8-23-9-7-15/h2-9,14H,10-13H2,1H3. The van der Waals surface area contributed by atoms with Crippen LogP contribution in [0.15, 0.2) is 54.9 Å². The highest BCUT2D eigenvalue weighted by molar-refractivity contribution is 6.31. The molecule has 3 aromatic rings. The molecule has 3 heterocycles. The number of carbonyl (C=O) groups excluding carboxylic acids is 1. The molecular formula is C21H20ClN5O2. The number of amides is 1. The first-order valence-electron chi connectivity index (χ1n) is 9.27. The van der Waals surface area contributed by atoms with Crippen molar-refractivity contribution >= 4 is 23.3 Å². The average Bonchev–Trinajstić information content (AvgIpc) is 2.79. The van der Waals surface area contributed by atoms with Gasteiger partial charge in [0.2, 0.25) is 0 Å². The van der Waals surface area contributed by atoms with Crippen molar-refractivity contribution < 1.29 is 9.53 Å². The molecule has 0 atom stereocenters. The Bertz CT molecular complexity index is 990. The summed E-state index contributed by atoms with van der Waals surface area (Å²) in [5.41, 5.74) is 2.26. The number of nitrogens with zero attached hydrogens (tertiary/aromatic N) is 5. The summed E-state index contributed by atoms with van der Waals surface area (Å²) in [6, 6.07) is 12.8. The molecule has 1 saturated heterocycles. The van der Waals surface area contributed by atoms with Crippen LogP contribution < -0.4 is 9.64 Å². The zero-order valence-corrected chi connectivity index (χ0v) is 16.7.